The first-order valence-corrected chi connectivity index (χ1v) is 17.9. The van der Waals surface area contributed by atoms with E-state index in [-0.39, 0.29) is 23.3 Å². The fraction of sp³-hybridized carbons (Fsp3) is 0.514. The topological polar surface area (TPSA) is 133 Å². The van der Waals surface area contributed by atoms with Gasteiger partial charge >= 0.3 is 0 Å². The van der Waals surface area contributed by atoms with Crippen LogP contribution in [0.5, 0.6) is 11.6 Å². The van der Waals surface area contributed by atoms with Gasteiger partial charge in [0.25, 0.3) is 5.88 Å². The van der Waals surface area contributed by atoms with E-state index in [1.54, 1.807) is 18.6 Å². The summed E-state index contributed by atoms with van der Waals surface area (Å²) >= 11 is 0. The number of carbonyl (C=O) groups is 1. The van der Waals surface area contributed by atoms with Crippen LogP contribution in [0.15, 0.2) is 61.1 Å². The Morgan fingerprint density at radius 1 is 1.12 bits per heavy atom. The van der Waals surface area contributed by atoms with Crippen LogP contribution in [0.3, 0.4) is 0 Å². The fourth-order valence-electron chi connectivity index (χ4n) is 8.56. The molecule has 8 rings (SSSR count). The van der Waals surface area contributed by atoms with E-state index in [1.807, 2.05) is 18.4 Å². The third kappa shape index (κ3) is 6.62. The molecule has 1 spiro atoms. The molecule has 12 nitrogen and oxygen atoms in total. The van der Waals surface area contributed by atoms with Crippen molar-refractivity contribution in [3.8, 4) is 22.8 Å². The van der Waals surface area contributed by atoms with Crippen molar-refractivity contribution < 1.29 is 13.9 Å². The molecule has 0 radical (unpaired) electrons. The molecule has 5 heterocycles. The number of allylic oxidation sites excluding steroid dienone is 1. The molecule has 2 saturated carbocycles. The molecule has 4 fully saturated rings. The number of dihydropyridines is 1. The summed E-state index contributed by atoms with van der Waals surface area (Å²) in [4.78, 5) is 29.9. The number of aromatic nitrogens is 5. The lowest BCUT2D eigenvalue weighted by Crippen LogP contribution is -2.65. The third-order valence-corrected chi connectivity index (χ3v) is 10.9. The molecule has 2 saturated heterocycles. The molecule has 50 heavy (non-hydrogen) atoms. The number of likely N-dealkylation sites (tertiary alicyclic amines) is 1. The molecular weight excluding hydrogens is 635 g/mol. The largest absolute Gasteiger partial charge is 0.434 e. The van der Waals surface area contributed by atoms with Crippen LogP contribution in [0, 0.1) is 23.1 Å². The minimum absolute atomic E-state index is 0.0579. The van der Waals surface area contributed by atoms with E-state index in [1.165, 1.54) is 25.4 Å². The molecule has 2 atom stereocenters. The average molecular weight is 681 g/mol. The van der Waals surface area contributed by atoms with Crippen molar-refractivity contribution in [1.29, 1.82) is 0 Å². The van der Waals surface area contributed by atoms with Gasteiger partial charge in [-0.3, -0.25) is 9.69 Å². The van der Waals surface area contributed by atoms with Gasteiger partial charge in [0.15, 0.2) is 5.82 Å². The number of rotatable bonds is 11. The zero-order valence-corrected chi connectivity index (χ0v) is 28.8. The van der Waals surface area contributed by atoms with Crippen LogP contribution in [0.1, 0.15) is 64.5 Å². The SMILES string of the molecule is CC(=O)NC1C=C(NC2CC([C@@H](C(C)C)N3CC4(CCN(c5ncnnc5Oc5ccc(F)cc5-c5cncnc5C5CC5)C4)C3)C2)C=CN1. The number of nitrogens with one attached hydrogen (secondary N) is 3. The van der Waals surface area contributed by atoms with E-state index in [4.69, 9.17) is 4.74 Å². The van der Waals surface area contributed by atoms with Crippen LogP contribution in [-0.2, 0) is 4.79 Å². The van der Waals surface area contributed by atoms with Gasteiger partial charge in [-0.25, -0.2) is 19.3 Å². The van der Waals surface area contributed by atoms with E-state index < -0.39 is 0 Å². The van der Waals surface area contributed by atoms with Gasteiger partial charge in [0.1, 0.15) is 30.4 Å². The summed E-state index contributed by atoms with van der Waals surface area (Å²) in [6.07, 6.45) is 16.0. The first kappa shape index (κ1) is 32.5. The van der Waals surface area contributed by atoms with Gasteiger partial charge < -0.3 is 25.6 Å². The zero-order valence-electron chi connectivity index (χ0n) is 28.8. The quantitative estimate of drug-likeness (QED) is 0.264. The second kappa shape index (κ2) is 13.2. The Balaban J connectivity index is 0.910. The minimum atomic E-state index is -0.354. The molecule has 1 aromatic carbocycles. The molecule has 3 aliphatic heterocycles. The van der Waals surface area contributed by atoms with E-state index in [2.05, 4.69) is 64.7 Å². The van der Waals surface area contributed by atoms with Gasteiger partial charge in [-0.2, -0.15) is 0 Å². The van der Waals surface area contributed by atoms with Crippen molar-refractivity contribution in [2.24, 2.45) is 17.3 Å². The van der Waals surface area contributed by atoms with Crippen LogP contribution in [-0.4, -0.2) is 80.4 Å². The smallest absolute Gasteiger partial charge is 0.282 e. The maximum atomic E-state index is 14.6. The lowest BCUT2D eigenvalue weighted by Gasteiger charge is -2.57. The number of anilines is 1. The van der Waals surface area contributed by atoms with Gasteiger partial charge in [0.05, 0.1) is 5.69 Å². The van der Waals surface area contributed by atoms with Gasteiger partial charge in [-0.15, -0.1) is 10.2 Å². The first-order valence-electron chi connectivity index (χ1n) is 17.9. The summed E-state index contributed by atoms with van der Waals surface area (Å²) in [7, 11) is 0. The second-order valence-corrected chi connectivity index (χ2v) is 15.1. The van der Waals surface area contributed by atoms with Crippen molar-refractivity contribution in [1.82, 2.24) is 46.0 Å². The summed E-state index contributed by atoms with van der Waals surface area (Å²) in [5.41, 5.74) is 3.55. The van der Waals surface area contributed by atoms with Crippen molar-refractivity contribution >= 4 is 11.7 Å². The third-order valence-electron chi connectivity index (χ3n) is 10.9. The Kier molecular flexibility index (Phi) is 8.62. The van der Waals surface area contributed by atoms with Crippen LogP contribution < -0.4 is 25.6 Å². The molecule has 0 bridgehead atoms. The molecule has 13 heteroatoms. The fourth-order valence-corrected chi connectivity index (χ4v) is 8.56. The molecule has 262 valence electrons. The van der Waals surface area contributed by atoms with Gasteiger partial charge in [-0.1, -0.05) is 13.8 Å². The molecular formula is C37H45FN10O2. The van der Waals surface area contributed by atoms with Gasteiger partial charge in [0.2, 0.25) is 5.91 Å². The number of hydrogen-bond donors (Lipinski definition) is 3. The molecule has 2 aliphatic carbocycles. The summed E-state index contributed by atoms with van der Waals surface area (Å²) in [6, 6.07) is 5.49. The maximum Gasteiger partial charge on any atom is 0.282 e. The summed E-state index contributed by atoms with van der Waals surface area (Å²) in [6.45, 7) is 10.1. The maximum absolute atomic E-state index is 14.6. The highest BCUT2D eigenvalue weighted by molar-refractivity contribution is 5.74. The van der Waals surface area contributed by atoms with Crippen molar-refractivity contribution in [3.05, 3.63) is 72.6 Å². The highest BCUT2D eigenvalue weighted by Gasteiger charge is 2.53. The molecule has 3 N–H and O–H groups in total. The normalized spacial score (nSPS) is 24.6. The number of halogens is 1. The highest BCUT2D eigenvalue weighted by Crippen LogP contribution is 2.48. The minimum Gasteiger partial charge on any atom is -0.434 e. The summed E-state index contributed by atoms with van der Waals surface area (Å²) in [5, 5.41) is 18.2. The molecule has 5 aliphatic rings. The molecule has 1 unspecified atom stereocenters. The zero-order chi connectivity index (χ0) is 34.4. The lowest BCUT2D eigenvalue weighted by atomic mass is 9.68. The Morgan fingerprint density at radius 2 is 1.96 bits per heavy atom. The number of carbonyl (C=O) groups excluding carboxylic acids is 1. The van der Waals surface area contributed by atoms with Crippen LogP contribution in [0.4, 0.5) is 10.2 Å². The predicted molar refractivity (Wildman–Crippen MR) is 186 cm³/mol. The second-order valence-electron chi connectivity index (χ2n) is 15.1. The summed E-state index contributed by atoms with van der Waals surface area (Å²) < 4.78 is 21.0. The first-order chi connectivity index (χ1) is 24.2. The Morgan fingerprint density at radius 3 is 2.74 bits per heavy atom. The molecule has 1 amide bonds. The summed E-state index contributed by atoms with van der Waals surface area (Å²) in [5.74, 6) is 2.60. The van der Waals surface area contributed by atoms with E-state index in [0.29, 0.717) is 52.8 Å². The monoisotopic (exact) mass is 680 g/mol. The number of hydrogen-bond acceptors (Lipinski definition) is 11. The van der Waals surface area contributed by atoms with Crippen molar-refractivity contribution in [2.75, 3.05) is 31.1 Å². The average Bonchev–Trinajstić information content (AvgIpc) is 3.82. The highest BCUT2D eigenvalue weighted by atomic mass is 19.1. The van der Waals surface area contributed by atoms with E-state index >= 15 is 0 Å². The van der Waals surface area contributed by atoms with Crippen molar-refractivity contribution in [2.45, 2.75) is 77.0 Å². The molecule has 2 aromatic heterocycles. The van der Waals surface area contributed by atoms with Gasteiger partial charge in [-0.05, 0) is 74.3 Å². The van der Waals surface area contributed by atoms with Gasteiger partial charge in [0, 0.05) is 85.7 Å². The Bertz CT molecular complexity index is 1800. The lowest BCUT2D eigenvalue weighted by molar-refractivity contribution is -0.119. The Hall–Kier alpha value is -4.65. The number of ether oxygens (including phenoxy) is 1. The number of benzene rings is 1. The van der Waals surface area contributed by atoms with Crippen molar-refractivity contribution in [3.63, 3.8) is 0 Å². The Labute approximate surface area is 292 Å². The van der Waals surface area contributed by atoms with E-state index in [9.17, 15) is 9.18 Å². The van der Waals surface area contributed by atoms with Crippen LogP contribution >= 0.6 is 0 Å². The predicted octanol–water partition coefficient (Wildman–Crippen LogP) is 4.51. The van der Waals surface area contributed by atoms with E-state index in [0.717, 1.165) is 75.2 Å². The van der Waals surface area contributed by atoms with Crippen LogP contribution in [0.25, 0.3) is 11.1 Å². The van der Waals surface area contributed by atoms with Crippen LogP contribution in [0.2, 0.25) is 0 Å². The number of amides is 1. The number of nitrogens with zero attached hydrogens (tertiary/aromatic N) is 7. The standard InChI is InChI=1S/C37H45FN10O2/c1-22(2)34(25-12-28(13-25)45-27-8-10-40-32(15-27)44-23(3)49)48-18-37(19-48)9-11-47(17-37)35-36(46-43-21-42-35)50-31-7-6-26(38)14-29(31)30-16-39-20-41-33(30)24-4-5-24/h6-8,10,14-16,20-22,24-25,28,32,34,40,45H,4-5,9,11-13,17-19H2,1-3H3,(H,44,49)/t25?,28?,32?,34-/m1/s1. The molecule has 3 aromatic rings.